The topological polar surface area (TPSA) is 29.5 Å². The highest BCUT2D eigenvalue weighted by molar-refractivity contribution is 6.10. The first kappa shape index (κ1) is 9.97. The van der Waals surface area contributed by atoms with Gasteiger partial charge in [-0.3, -0.25) is 0 Å². The van der Waals surface area contributed by atoms with Crippen molar-refractivity contribution in [1.29, 1.82) is 0 Å². The molecule has 0 saturated heterocycles. The molecule has 3 rings (SSSR count). The third-order valence-corrected chi connectivity index (χ3v) is 3.01. The quantitative estimate of drug-likeness (QED) is 0.638. The van der Waals surface area contributed by atoms with E-state index in [9.17, 15) is 5.11 Å². The van der Waals surface area contributed by atoms with E-state index in [0.29, 0.717) is 5.75 Å². The summed E-state index contributed by atoms with van der Waals surface area (Å²) in [4.78, 5) is 0. The third-order valence-electron chi connectivity index (χ3n) is 3.01. The van der Waals surface area contributed by atoms with Gasteiger partial charge in [0, 0.05) is 11.5 Å². The Hall–Kier alpha value is -2.22. The minimum Gasteiger partial charge on any atom is -0.508 e. The average molecular weight is 224 g/mol. The van der Waals surface area contributed by atoms with Crippen LogP contribution in [0.5, 0.6) is 11.5 Å². The van der Waals surface area contributed by atoms with Crippen molar-refractivity contribution in [3.05, 3.63) is 48.5 Å². The molecular formula is C15H12O2. The number of phenolic OH excluding ortho intramolecular Hbond substituents is 1. The van der Waals surface area contributed by atoms with Crippen LogP contribution in [0.2, 0.25) is 0 Å². The first-order chi connectivity index (χ1) is 8.29. The van der Waals surface area contributed by atoms with Crippen LogP contribution >= 0.6 is 0 Å². The van der Waals surface area contributed by atoms with E-state index in [0.717, 1.165) is 16.2 Å². The lowest BCUT2D eigenvalue weighted by Crippen LogP contribution is -1.86. The van der Waals surface area contributed by atoms with Gasteiger partial charge in [-0.25, -0.2) is 0 Å². The van der Waals surface area contributed by atoms with Gasteiger partial charge in [0.25, 0.3) is 0 Å². The van der Waals surface area contributed by atoms with Crippen molar-refractivity contribution in [3.63, 3.8) is 0 Å². The Kier molecular flexibility index (Phi) is 2.15. The van der Waals surface area contributed by atoms with Crippen molar-refractivity contribution in [2.45, 2.75) is 0 Å². The zero-order valence-corrected chi connectivity index (χ0v) is 9.47. The van der Waals surface area contributed by atoms with Crippen LogP contribution in [0.4, 0.5) is 0 Å². The molecule has 0 radical (unpaired) electrons. The SMILES string of the molecule is COc1cc(O)cc2ccc3ccccc3c12. The lowest BCUT2D eigenvalue weighted by Gasteiger charge is -2.09. The highest BCUT2D eigenvalue weighted by atomic mass is 16.5. The van der Waals surface area contributed by atoms with Crippen molar-refractivity contribution in [3.8, 4) is 11.5 Å². The molecular weight excluding hydrogens is 212 g/mol. The number of hydrogen-bond acceptors (Lipinski definition) is 2. The number of hydrogen-bond donors (Lipinski definition) is 1. The van der Waals surface area contributed by atoms with E-state index < -0.39 is 0 Å². The predicted octanol–water partition coefficient (Wildman–Crippen LogP) is 3.71. The standard InChI is InChI=1S/C15H12O2/c1-17-14-9-12(16)8-11-7-6-10-4-2-3-5-13(10)15(11)14/h2-9,16H,1H3. The summed E-state index contributed by atoms with van der Waals surface area (Å²) in [5, 5.41) is 14.0. The molecule has 0 aliphatic rings. The molecule has 0 aromatic heterocycles. The van der Waals surface area contributed by atoms with Gasteiger partial charge < -0.3 is 9.84 Å². The fourth-order valence-electron chi connectivity index (χ4n) is 2.25. The summed E-state index contributed by atoms with van der Waals surface area (Å²) in [6.45, 7) is 0. The predicted molar refractivity (Wildman–Crippen MR) is 69.7 cm³/mol. The van der Waals surface area contributed by atoms with Crippen LogP contribution in [-0.2, 0) is 0 Å². The number of fused-ring (bicyclic) bond motifs is 3. The fraction of sp³-hybridized carbons (Fsp3) is 0.0667. The Bertz CT molecular complexity index is 702. The Morgan fingerprint density at radius 2 is 1.71 bits per heavy atom. The maximum Gasteiger partial charge on any atom is 0.130 e. The monoisotopic (exact) mass is 224 g/mol. The normalized spacial score (nSPS) is 10.9. The second-order valence-electron chi connectivity index (χ2n) is 4.03. The molecule has 0 atom stereocenters. The van der Waals surface area contributed by atoms with Gasteiger partial charge in [0.2, 0.25) is 0 Å². The summed E-state index contributed by atoms with van der Waals surface area (Å²) >= 11 is 0. The van der Waals surface area contributed by atoms with Crippen LogP contribution in [0.15, 0.2) is 48.5 Å². The number of methoxy groups -OCH3 is 1. The van der Waals surface area contributed by atoms with E-state index in [2.05, 4.69) is 18.2 Å². The highest BCUT2D eigenvalue weighted by Crippen LogP contribution is 2.35. The molecule has 2 nitrogen and oxygen atoms in total. The maximum absolute atomic E-state index is 9.63. The Balaban J connectivity index is 2.56. The molecule has 0 heterocycles. The summed E-state index contributed by atoms with van der Waals surface area (Å²) in [6, 6.07) is 15.6. The lowest BCUT2D eigenvalue weighted by atomic mass is 10.0. The molecule has 0 bridgehead atoms. The average Bonchev–Trinajstić information content (AvgIpc) is 2.37. The van der Waals surface area contributed by atoms with Crippen molar-refractivity contribution < 1.29 is 9.84 Å². The van der Waals surface area contributed by atoms with Gasteiger partial charge in [0.15, 0.2) is 0 Å². The molecule has 3 aromatic rings. The van der Waals surface area contributed by atoms with Gasteiger partial charge in [-0.15, -0.1) is 0 Å². The van der Waals surface area contributed by atoms with Crippen LogP contribution < -0.4 is 4.74 Å². The van der Waals surface area contributed by atoms with Gasteiger partial charge >= 0.3 is 0 Å². The van der Waals surface area contributed by atoms with Crippen LogP contribution in [0, 0.1) is 0 Å². The molecule has 0 saturated carbocycles. The van der Waals surface area contributed by atoms with Crippen molar-refractivity contribution in [2.24, 2.45) is 0 Å². The number of ether oxygens (including phenoxy) is 1. The van der Waals surface area contributed by atoms with E-state index in [1.807, 2.05) is 18.2 Å². The van der Waals surface area contributed by atoms with E-state index in [-0.39, 0.29) is 5.75 Å². The molecule has 0 spiro atoms. The molecule has 3 aromatic carbocycles. The van der Waals surface area contributed by atoms with E-state index in [4.69, 9.17) is 4.74 Å². The van der Waals surface area contributed by atoms with Gasteiger partial charge in [-0.2, -0.15) is 0 Å². The second-order valence-corrected chi connectivity index (χ2v) is 4.03. The van der Waals surface area contributed by atoms with Crippen LogP contribution in [0.3, 0.4) is 0 Å². The molecule has 84 valence electrons. The maximum atomic E-state index is 9.63. The number of aromatic hydroxyl groups is 1. The van der Waals surface area contributed by atoms with Gasteiger partial charge in [-0.05, 0) is 22.2 Å². The van der Waals surface area contributed by atoms with Crippen LogP contribution in [0.25, 0.3) is 21.5 Å². The number of rotatable bonds is 1. The smallest absolute Gasteiger partial charge is 0.130 e. The van der Waals surface area contributed by atoms with Gasteiger partial charge in [0.05, 0.1) is 7.11 Å². The molecule has 1 N–H and O–H groups in total. The second kappa shape index (κ2) is 3.67. The Morgan fingerprint density at radius 3 is 2.53 bits per heavy atom. The van der Waals surface area contributed by atoms with E-state index in [1.54, 1.807) is 19.2 Å². The van der Waals surface area contributed by atoms with Crippen molar-refractivity contribution >= 4 is 21.5 Å². The van der Waals surface area contributed by atoms with Crippen LogP contribution in [0.1, 0.15) is 0 Å². The first-order valence-corrected chi connectivity index (χ1v) is 5.48. The lowest BCUT2D eigenvalue weighted by molar-refractivity contribution is 0.413. The first-order valence-electron chi connectivity index (χ1n) is 5.48. The summed E-state index contributed by atoms with van der Waals surface area (Å²) in [5.41, 5.74) is 0. The summed E-state index contributed by atoms with van der Waals surface area (Å²) in [6.07, 6.45) is 0. The van der Waals surface area contributed by atoms with E-state index >= 15 is 0 Å². The molecule has 0 unspecified atom stereocenters. The molecule has 0 fully saturated rings. The minimum absolute atomic E-state index is 0.227. The van der Waals surface area contributed by atoms with E-state index in [1.165, 1.54) is 5.39 Å². The largest absolute Gasteiger partial charge is 0.508 e. The summed E-state index contributed by atoms with van der Waals surface area (Å²) < 4.78 is 5.36. The van der Waals surface area contributed by atoms with Crippen molar-refractivity contribution in [2.75, 3.05) is 7.11 Å². The molecule has 0 aliphatic carbocycles. The molecule has 2 heteroatoms. The summed E-state index contributed by atoms with van der Waals surface area (Å²) in [5.74, 6) is 0.932. The Labute approximate surface area is 99.1 Å². The van der Waals surface area contributed by atoms with Gasteiger partial charge in [0.1, 0.15) is 11.5 Å². The summed E-state index contributed by atoms with van der Waals surface area (Å²) in [7, 11) is 1.62. The molecule has 0 aliphatic heterocycles. The van der Waals surface area contributed by atoms with Crippen LogP contribution in [-0.4, -0.2) is 12.2 Å². The minimum atomic E-state index is 0.227. The Morgan fingerprint density at radius 1 is 0.941 bits per heavy atom. The molecule has 0 amide bonds. The fourth-order valence-corrected chi connectivity index (χ4v) is 2.25. The third kappa shape index (κ3) is 1.49. The number of phenols is 1. The number of benzene rings is 3. The van der Waals surface area contributed by atoms with Gasteiger partial charge in [-0.1, -0.05) is 36.4 Å². The van der Waals surface area contributed by atoms with Crippen molar-refractivity contribution in [1.82, 2.24) is 0 Å². The highest BCUT2D eigenvalue weighted by Gasteiger charge is 2.07. The molecule has 17 heavy (non-hydrogen) atoms. The zero-order valence-electron chi connectivity index (χ0n) is 9.47. The zero-order chi connectivity index (χ0) is 11.8.